The molecule has 0 aliphatic carbocycles. The van der Waals surface area contributed by atoms with Gasteiger partial charge in [-0.05, 0) is 36.8 Å². The monoisotopic (exact) mass is 368 g/mol. The molecule has 4 rings (SSSR count). The lowest BCUT2D eigenvalue weighted by atomic mass is 10.1. The quantitative estimate of drug-likeness (QED) is 0.812. The van der Waals surface area contributed by atoms with Crippen LogP contribution in [0.25, 0.3) is 0 Å². The first-order chi connectivity index (χ1) is 13.2. The maximum atomic E-state index is 13.3. The molecular formula is C20H20N2O5. The predicted octanol–water partition coefficient (Wildman–Crippen LogP) is 2.65. The minimum absolute atomic E-state index is 0.0494. The van der Waals surface area contributed by atoms with Gasteiger partial charge in [0.25, 0.3) is 5.91 Å². The number of hydrogen-bond donors (Lipinski definition) is 0. The van der Waals surface area contributed by atoms with E-state index in [1.54, 1.807) is 41.2 Å². The second-order valence-electron chi connectivity index (χ2n) is 6.38. The molecule has 0 atom stereocenters. The molecule has 140 valence electrons. The Bertz CT molecular complexity index is 882. The summed E-state index contributed by atoms with van der Waals surface area (Å²) in [7, 11) is 1.56. The van der Waals surface area contributed by atoms with Gasteiger partial charge in [-0.25, -0.2) is 0 Å². The average Bonchev–Trinajstić information content (AvgIpc) is 3.33. The van der Waals surface area contributed by atoms with Crippen LogP contribution < -0.4 is 19.1 Å². The zero-order valence-electron chi connectivity index (χ0n) is 15.0. The molecule has 0 N–H and O–H groups in total. The smallest absolute Gasteiger partial charge is 0.260 e. The third-order valence-corrected chi connectivity index (χ3v) is 4.72. The second-order valence-corrected chi connectivity index (χ2v) is 6.38. The van der Waals surface area contributed by atoms with E-state index in [0.717, 1.165) is 6.42 Å². The van der Waals surface area contributed by atoms with E-state index < -0.39 is 0 Å². The molecule has 2 aliphatic rings. The fourth-order valence-corrected chi connectivity index (χ4v) is 3.31. The zero-order chi connectivity index (χ0) is 18.8. The number of likely N-dealkylation sites (tertiary alicyclic amines) is 1. The van der Waals surface area contributed by atoms with Crippen LogP contribution >= 0.6 is 0 Å². The van der Waals surface area contributed by atoms with E-state index in [0.29, 0.717) is 41.5 Å². The number of carbonyl (C=O) groups is 2. The molecule has 0 saturated carbocycles. The molecule has 0 aromatic heterocycles. The van der Waals surface area contributed by atoms with E-state index in [1.165, 1.54) is 0 Å². The van der Waals surface area contributed by atoms with Crippen molar-refractivity contribution in [1.29, 1.82) is 0 Å². The molecule has 2 amide bonds. The van der Waals surface area contributed by atoms with Gasteiger partial charge in [-0.2, -0.15) is 0 Å². The Morgan fingerprint density at radius 2 is 2.00 bits per heavy atom. The van der Waals surface area contributed by atoms with Crippen LogP contribution in [0.2, 0.25) is 0 Å². The topological polar surface area (TPSA) is 68.3 Å². The van der Waals surface area contributed by atoms with E-state index in [1.807, 2.05) is 18.2 Å². The van der Waals surface area contributed by atoms with E-state index in [2.05, 4.69) is 0 Å². The first-order valence-corrected chi connectivity index (χ1v) is 8.79. The Labute approximate surface area is 157 Å². The predicted molar refractivity (Wildman–Crippen MR) is 98.2 cm³/mol. The highest BCUT2D eigenvalue weighted by atomic mass is 16.7. The van der Waals surface area contributed by atoms with Crippen molar-refractivity contribution in [3.8, 4) is 17.2 Å². The zero-order valence-corrected chi connectivity index (χ0v) is 15.0. The highest BCUT2D eigenvalue weighted by Crippen LogP contribution is 2.34. The van der Waals surface area contributed by atoms with Crippen molar-refractivity contribution in [3.63, 3.8) is 0 Å². The Morgan fingerprint density at radius 1 is 1.19 bits per heavy atom. The van der Waals surface area contributed by atoms with Crippen LogP contribution in [0.1, 0.15) is 23.2 Å². The maximum Gasteiger partial charge on any atom is 0.260 e. The summed E-state index contributed by atoms with van der Waals surface area (Å²) in [6.45, 7) is 0.955. The summed E-state index contributed by atoms with van der Waals surface area (Å²) in [6, 6.07) is 12.4. The fourth-order valence-electron chi connectivity index (χ4n) is 3.31. The molecule has 0 unspecified atom stereocenters. The summed E-state index contributed by atoms with van der Waals surface area (Å²) < 4.78 is 16.1. The first-order valence-electron chi connectivity index (χ1n) is 8.79. The van der Waals surface area contributed by atoms with Gasteiger partial charge >= 0.3 is 0 Å². The van der Waals surface area contributed by atoms with Gasteiger partial charge in [0.05, 0.1) is 12.8 Å². The van der Waals surface area contributed by atoms with Crippen LogP contribution in [0.5, 0.6) is 17.2 Å². The van der Waals surface area contributed by atoms with Crippen LogP contribution in [-0.2, 0) is 4.79 Å². The van der Waals surface area contributed by atoms with Crippen molar-refractivity contribution in [2.75, 3.05) is 32.0 Å². The minimum atomic E-state index is -0.238. The van der Waals surface area contributed by atoms with Gasteiger partial charge in [0.1, 0.15) is 12.4 Å². The van der Waals surface area contributed by atoms with Crippen LogP contribution in [0.4, 0.5) is 5.69 Å². The van der Waals surface area contributed by atoms with E-state index in [4.69, 9.17) is 14.2 Å². The van der Waals surface area contributed by atoms with Crippen LogP contribution in [0, 0.1) is 0 Å². The van der Waals surface area contributed by atoms with E-state index in [-0.39, 0.29) is 25.3 Å². The maximum absolute atomic E-state index is 13.3. The van der Waals surface area contributed by atoms with Gasteiger partial charge in [-0.3, -0.25) is 14.5 Å². The number of amides is 2. The lowest BCUT2D eigenvalue weighted by Gasteiger charge is -2.29. The molecule has 2 heterocycles. The SMILES string of the molecule is COc1ccccc1N(CN1CCCC1=O)C(=O)c1ccc2c(c1)OCO2. The van der Waals surface area contributed by atoms with Crippen molar-refractivity contribution in [2.45, 2.75) is 12.8 Å². The van der Waals surface area contributed by atoms with Gasteiger partial charge in [0, 0.05) is 18.5 Å². The summed E-state index contributed by atoms with van der Waals surface area (Å²) in [4.78, 5) is 28.7. The van der Waals surface area contributed by atoms with Crippen molar-refractivity contribution >= 4 is 17.5 Å². The summed E-state index contributed by atoms with van der Waals surface area (Å²) >= 11 is 0. The number of ether oxygens (including phenoxy) is 3. The third kappa shape index (κ3) is 3.28. The highest BCUT2D eigenvalue weighted by molar-refractivity contribution is 6.07. The number of hydrogen-bond acceptors (Lipinski definition) is 5. The number of para-hydroxylation sites is 2. The van der Waals surface area contributed by atoms with Crippen LogP contribution in [-0.4, -0.2) is 43.8 Å². The number of anilines is 1. The van der Waals surface area contributed by atoms with Gasteiger partial charge in [-0.1, -0.05) is 12.1 Å². The normalized spacial score (nSPS) is 15.1. The van der Waals surface area contributed by atoms with Crippen molar-refractivity contribution in [1.82, 2.24) is 4.90 Å². The number of carbonyl (C=O) groups excluding carboxylic acids is 2. The number of methoxy groups -OCH3 is 1. The number of fused-ring (bicyclic) bond motifs is 1. The molecule has 7 nitrogen and oxygen atoms in total. The molecule has 0 bridgehead atoms. The summed E-state index contributed by atoms with van der Waals surface area (Å²) in [6.07, 6.45) is 1.31. The number of benzene rings is 2. The molecular weight excluding hydrogens is 348 g/mol. The molecule has 2 aromatic rings. The third-order valence-electron chi connectivity index (χ3n) is 4.72. The number of nitrogens with zero attached hydrogens (tertiary/aromatic N) is 2. The van der Waals surface area contributed by atoms with Gasteiger partial charge in [0.15, 0.2) is 11.5 Å². The van der Waals surface area contributed by atoms with Gasteiger partial charge in [-0.15, -0.1) is 0 Å². The number of rotatable bonds is 5. The van der Waals surface area contributed by atoms with Gasteiger partial charge < -0.3 is 19.1 Å². The van der Waals surface area contributed by atoms with Crippen LogP contribution in [0.15, 0.2) is 42.5 Å². The Morgan fingerprint density at radius 3 is 2.78 bits per heavy atom. The molecule has 0 radical (unpaired) electrons. The molecule has 1 fully saturated rings. The Hall–Kier alpha value is -3.22. The minimum Gasteiger partial charge on any atom is -0.495 e. The second kappa shape index (κ2) is 7.19. The summed E-state index contributed by atoms with van der Waals surface area (Å²) in [5.74, 6) is 1.53. The van der Waals surface area contributed by atoms with Crippen molar-refractivity contribution in [2.24, 2.45) is 0 Å². The van der Waals surface area contributed by atoms with Crippen molar-refractivity contribution in [3.05, 3.63) is 48.0 Å². The first kappa shape index (κ1) is 17.2. The largest absolute Gasteiger partial charge is 0.495 e. The Balaban J connectivity index is 1.70. The van der Waals surface area contributed by atoms with Gasteiger partial charge in [0.2, 0.25) is 12.7 Å². The molecule has 0 spiro atoms. The van der Waals surface area contributed by atoms with Crippen LogP contribution in [0.3, 0.4) is 0 Å². The molecule has 2 aromatic carbocycles. The summed E-state index contributed by atoms with van der Waals surface area (Å²) in [5.41, 5.74) is 1.07. The Kier molecular flexibility index (Phi) is 4.58. The lowest BCUT2D eigenvalue weighted by molar-refractivity contribution is -0.127. The van der Waals surface area contributed by atoms with Crippen molar-refractivity contribution < 1.29 is 23.8 Å². The summed E-state index contributed by atoms with van der Waals surface area (Å²) in [5, 5.41) is 0. The fraction of sp³-hybridized carbons (Fsp3) is 0.300. The van der Waals surface area contributed by atoms with E-state index >= 15 is 0 Å². The highest BCUT2D eigenvalue weighted by Gasteiger charge is 2.28. The standard InChI is InChI=1S/C20H20N2O5/c1-25-16-6-3-2-5-15(16)22(12-21-10-4-7-19(21)23)20(24)14-8-9-17-18(11-14)27-13-26-17/h2-3,5-6,8-9,11H,4,7,10,12-13H2,1H3. The molecule has 2 aliphatic heterocycles. The molecule has 7 heteroatoms. The molecule has 1 saturated heterocycles. The average molecular weight is 368 g/mol. The molecule has 27 heavy (non-hydrogen) atoms. The van der Waals surface area contributed by atoms with E-state index in [9.17, 15) is 9.59 Å². The lowest BCUT2D eigenvalue weighted by Crippen LogP contribution is -2.42.